The van der Waals surface area contributed by atoms with Crippen molar-refractivity contribution in [3.05, 3.63) is 54.2 Å². The number of likely N-dealkylation sites (tertiary alicyclic amines) is 1. The van der Waals surface area contributed by atoms with Gasteiger partial charge in [-0.15, -0.1) is 5.10 Å². The third-order valence-electron chi connectivity index (χ3n) is 7.23. The summed E-state index contributed by atoms with van der Waals surface area (Å²) in [5.41, 5.74) is 4.88. The molecular formula is C26H27FN8O. The highest BCUT2D eigenvalue weighted by atomic mass is 19.1. The number of nitriles is 1. The van der Waals surface area contributed by atoms with Gasteiger partial charge < -0.3 is 14.2 Å². The monoisotopic (exact) mass is 486 g/mol. The number of aromatic nitrogens is 6. The Morgan fingerprint density at radius 1 is 1.19 bits per heavy atom. The number of imidazole rings is 1. The minimum atomic E-state index is -0.863. The first-order chi connectivity index (χ1) is 17.5. The van der Waals surface area contributed by atoms with Gasteiger partial charge in [0.15, 0.2) is 6.19 Å². The summed E-state index contributed by atoms with van der Waals surface area (Å²) in [6.45, 7) is 5.41. The Bertz CT molecular complexity index is 1430. The zero-order chi connectivity index (χ0) is 24.8. The molecule has 1 aliphatic heterocycles. The van der Waals surface area contributed by atoms with Crippen LogP contribution in [0.2, 0.25) is 0 Å². The van der Waals surface area contributed by atoms with E-state index < -0.39 is 6.17 Å². The summed E-state index contributed by atoms with van der Waals surface area (Å²) in [6, 6.07) is 9.64. The molecule has 36 heavy (non-hydrogen) atoms. The minimum Gasteiger partial charge on any atom is -0.482 e. The lowest BCUT2D eigenvalue weighted by Crippen LogP contribution is -2.31. The van der Waals surface area contributed by atoms with Gasteiger partial charge in [-0.1, -0.05) is 11.3 Å². The largest absolute Gasteiger partial charge is 0.482 e. The van der Waals surface area contributed by atoms with E-state index in [0.29, 0.717) is 12.2 Å². The van der Waals surface area contributed by atoms with Crippen molar-refractivity contribution in [3.63, 3.8) is 0 Å². The second kappa shape index (κ2) is 8.90. The Kier molecular flexibility index (Phi) is 5.55. The molecule has 9 nitrogen and oxygen atoms in total. The molecular weight excluding hydrogens is 459 g/mol. The topological polar surface area (TPSA) is 97.7 Å². The molecule has 0 bridgehead atoms. The maximum Gasteiger partial charge on any atom is 0.179 e. The first-order valence-corrected chi connectivity index (χ1v) is 12.3. The van der Waals surface area contributed by atoms with Crippen LogP contribution in [0.1, 0.15) is 55.8 Å². The summed E-state index contributed by atoms with van der Waals surface area (Å²) in [5.74, 6) is 0.619. The number of alkyl halides is 1. The number of fused-ring (bicyclic) bond motifs is 1. The highest BCUT2D eigenvalue weighted by molar-refractivity contribution is 5.88. The maximum atomic E-state index is 14.0. The standard InChI is InChI=1S/C26H27FN8O/c1-16-25(31-32-35(16)19-6-9-33(14-28)10-7-19)18-11-22-26(34(15-30-22)23-13-20(23)27)24(12-18)36-17(2)21-5-3-4-8-29-21/h3-5,8,11-12,15,17,19-20,23H,6-7,9-10,13H2,1-2H3/t17-,20?,23?/m1/s1. The quantitative estimate of drug-likeness (QED) is 0.369. The molecule has 6 rings (SSSR count). The van der Waals surface area contributed by atoms with Gasteiger partial charge >= 0.3 is 0 Å². The summed E-state index contributed by atoms with van der Waals surface area (Å²) >= 11 is 0. The molecule has 1 aromatic carbocycles. The van der Waals surface area contributed by atoms with Crippen molar-refractivity contribution in [1.29, 1.82) is 5.26 Å². The Hall–Kier alpha value is -4.00. The second-order valence-electron chi connectivity index (χ2n) is 9.61. The van der Waals surface area contributed by atoms with Gasteiger partial charge in [-0.05, 0) is 51.0 Å². The predicted molar refractivity (Wildman–Crippen MR) is 131 cm³/mol. The highest BCUT2D eigenvalue weighted by Crippen LogP contribution is 2.44. The van der Waals surface area contributed by atoms with Gasteiger partial charge in [-0.25, -0.2) is 14.1 Å². The van der Waals surface area contributed by atoms with E-state index >= 15 is 0 Å². The summed E-state index contributed by atoms with van der Waals surface area (Å²) in [7, 11) is 0. The zero-order valence-electron chi connectivity index (χ0n) is 20.3. The average Bonchev–Trinajstić information content (AvgIpc) is 3.29. The van der Waals surface area contributed by atoms with Crippen molar-refractivity contribution in [2.24, 2.45) is 0 Å². The van der Waals surface area contributed by atoms with Crippen LogP contribution in [0.25, 0.3) is 22.3 Å². The fourth-order valence-electron chi connectivity index (χ4n) is 5.08. The number of benzene rings is 1. The predicted octanol–water partition coefficient (Wildman–Crippen LogP) is 4.54. The van der Waals surface area contributed by atoms with Gasteiger partial charge in [0.2, 0.25) is 0 Å². The van der Waals surface area contributed by atoms with Crippen LogP contribution in [0, 0.1) is 18.4 Å². The van der Waals surface area contributed by atoms with E-state index in [4.69, 9.17) is 10.00 Å². The lowest BCUT2D eigenvalue weighted by Gasteiger charge is -2.28. The molecule has 3 atom stereocenters. The fourth-order valence-corrected chi connectivity index (χ4v) is 5.08. The molecule has 1 aliphatic carbocycles. The third-order valence-corrected chi connectivity index (χ3v) is 7.23. The van der Waals surface area contributed by atoms with Gasteiger partial charge in [0.25, 0.3) is 0 Å². The summed E-state index contributed by atoms with van der Waals surface area (Å²) in [4.78, 5) is 10.8. The van der Waals surface area contributed by atoms with Gasteiger partial charge in [0, 0.05) is 31.3 Å². The SMILES string of the molecule is Cc1c(-c2cc(O[C@H](C)c3ccccn3)c3c(c2)ncn3C2CC2F)nnn1C1CCN(C#N)CC1. The maximum absolute atomic E-state index is 14.0. The number of hydrogen-bond donors (Lipinski definition) is 0. The van der Waals surface area contributed by atoms with Gasteiger partial charge in [0.05, 0.1) is 35.3 Å². The zero-order valence-corrected chi connectivity index (χ0v) is 20.3. The molecule has 1 saturated heterocycles. The molecule has 2 fully saturated rings. The Labute approximate surface area is 208 Å². The third kappa shape index (κ3) is 3.94. The molecule has 4 heterocycles. The molecule has 1 saturated carbocycles. The van der Waals surface area contributed by atoms with Crippen molar-refractivity contribution in [3.8, 4) is 23.2 Å². The molecule has 3 aromatic heterocycles. The Morgan fingerprint density at radius 3 is 2.69 bits per heavy atom. The van der Waals surface area contributed by atoms with Gasteiger partial charge in [-0.3, -0.25) is 4.98 Å². The number of nitrogens with zero attached hydrogens (tertiary/aromatic N) is 8. The van der Waals surface area contributed by atoms with Crippen molar-refractivity contribution in [2.75, 3.05) is 13.1 Å². The molecule has 0 spiro atoms. The minimum absolute atomic E-state index is 0.204. The number of rotatable bonds is 6. The number of ether oxygens (including phenoxy) is 1. The number of halogens is 1. The molecule has 0 N–H and O–H groups in total. The second-order valence-corrected chi connectivity index (χ2v) is 9.61. The van der Waals surface area contributed by atoms with Crippen LogP contribution in [0.15, 0.2) is 42.9 Å². The van der Waals surface area contributed by atoms with Crippen LogP contribution in [-0.2, 0) is 0 Å². The van der Waals surface area contributed by atoms with Crippen LogP contribution < -0.4 is 4.74 Å². The van der Waals surface area contributed by atoms with E-state index in [1.165, 1.54) is 0 Å². The molecule has 2 aliphatic rings. The summed E-state index contributed by atoms with van der Waals surface area (Å²) in [5, 5.41) is 18.2. The van der Waals surface area contributed by atoms with E-state index in [0.717, 1.165) is 59.6 Å². The Morgan fingerprint density at radius 2 is 2.00 bits per heavy atom. The molecule has 0 radical (unpaired) electrons. The van der Waals surface area contributed by atoms with Crippen LogP contribution in [0.5, 0.6) is 5.75 Å². The molecule has 2 unspecified atom stereocenters. The van der Waals surface area contributed by atoms with E-state index in [-0.39, 0.29) is 18.2 Å². The fraction of sp³-hybridized carbons (Fsp3) is 0.423. The van der Waals surface area contributed by atoms with Crippen LogP contribution in [-0.4, -0.2) is 53.7 Å². The lowest BCUT2D eigenvalue weighted by atomic mass is 10.0. The summed E-state index contributed by atoms with van der Waals surface area (Å²) < 4.78 is 24.3. The number of pyridine rings is 1. The number of piperidine rings is 1. The van der Waals surface area contributed by atoms with Crippen LogP contribution >= 0.6 is 0 Å². The van der Waals surface area contributed by atoms with Crippen LogP contribution in [0.3, 0.4) is 0 Å². The first-order valence-electron chi connectivity index (χ1n) is 12.3. The van der Waals surface area contributed by atoms with Crippen molar-refractivity contribution < 1.29 is 9.13 Å². The first kappa shape index (κ1) is 22.5. The van der Waals surface area contributed by atoms with Crippen LogP contribution in [0.4, 0.5) is 4.39 Å². The van der Waals surface area contributed by atoms with Crippen molar-refractivity contribution >= 4 is 11.0 Å². The average molecular weight is 487 g/mol. The highest BCUT2D eigenvalue weighted by Gasteiger charge is 2.40. The normalized spacial score (nSPS) is 20.9. The smallest absolute Gasteiger partial charge is 0.179 e. The number of hydrogen-bond acceptors (Lipinski definition) is 7. The van der Waals surface area contributed by atoms with E-state index in [9.17, 15) is 4.39 Å². The lowest BCUT2D eigenvalue weighted by molar-refractivity contribution is 0.224. The van der Waals surface area contributed by atoms with Gasteiger partial charge in [0.1, 0.15) is 29.2 Å². The van der Waals surface area contributed by atoms with E-state index in [1.54, 1.807) is 17.4 Å². The van der Waals surface area contributed by atoms with Crippen molar-refractivity contribution in [2.45, 2.75) is 57.5 Å². The molecule has 10 heteroatoms. The molecule has 0 amide bonds. The molecule has 4 aromatic rings. The Balaban J connectivity index is 1.38. The molecule has 184 valence electrons. The van der Waals surface area contributed by atoms with E-state index in [1.807, 2.05) is 53.4 Å². The van der Waals surface area contributed by atoms with Crippen molar-refractivity contribution in [1.82, 2.24) is 34.4 Å². The van der Waals surface area contributed by atoms with E-state index in [2.05, 4.69) is 26.5 Å². The van der Waals surface area contributed by atoms with Gasteiger partial charge in [-0.2, -0.15) is 5.26 Å². The summed E-state index contributed by atoms with van der Waals surface area (Å²) in [6.07, 6.45) is 6.68.